The molecule has 6 nitrogen and oxygen atoms in total. The van der Waals surface area contributed by atoms with Crippen molar-refractivity contribution < 1.29 is 9.21 Å². The number of nitrogens with zero attached hydrogens (tertiary/aromatic N) is 2. The summed E-state index contributed by atoms with van der Waals surface area (Å²) in [5.41, 5.74) is 6.93. The second kappa shape index (κ2) is 5.65. The van der Waals surface area contributed by atoms with Gasteiger partial charge >= 0.3 is 0 Å². The van der Waals surface area contributed by atoms with Crippen molar-refractivity contribution in [2.24, 2.45) is 11.1 Å². The van der Waals surface area contributed by atoms with Gasteiger partial charge in [-0.3, -0.25) is 4.79 Å². The number of rotatable bonds is 3. The minimum Gasteiger partial charge on any atom is -0.421 e. The Hall–Kier alpha value is -2.21. The molecule has 0 radical (unpaired) electrons. The highest BCUT2D eigenvalue weighted by Crippen LogP contribution is 2.27. The number of nitrogens with one attached hydrogen (secondary N) is 1. The Morgan fingerprint density at radius 3 is 2.52 bits per heavy atom. The largest absolute Gasteiger partial charge is 0.421 e. The molecule has 21 heavy (non-hydrogen) atoms. The normalized spacial score (nSPS) is 13.0. The lowest BCUT2D eigenvalue weighted by molar-refractivity contribution is -0.119. The van der Waals surface area contributed by atoms with Gasteiger partial charge in [0.1, 0.15) is 0 Å². The maximum Gasteiger partial charge on any atom is 0.249 e. The average Bonchev–Trinajstić information content (AvgIpc) is 2.84. The smallest absolute Gasteiger partial charge is 0.249 e. The minimum atomic E-state index is -0.616. The molecule has 0 unspecified atom stereocenters. The van der Waals surface area contributed by atoms with Gasteiger partial charge in [-0.05, 0) is 17.5 Å². The third kappa shape index (κ3) is 3.46. The first-order valence-corrected chi connectivity index (χ1v) is 6.75. The van der Waals surface area contributed by atoms with Crippen molar-refractivity contribution in [1.29, 1.82) is 0 Å². The number of aryl methyl sites for hydroxylation is 1. The predicted octanol–water partition coefficient (Wildman–Crippen LogP) is 2.36. The molecule has 0 aliphatic heterocycles. The Balaban J connectivity index is 2.28. The number of amides is 1. The van der Waals surface area contributed by atoms with Gasteiger partial charge in [0.25, 0.3) is 0 Å². The third-order valence-electron chi connectivity index (χ3n) is 3.16. The maximum absolute atomic E-state index is 12.2. The van der Waals surface area contributed by atoms with Crippen LogP contribution >= 0.6 is 0 Å². The Morgan fingerprint density at radius 2 is 1.95 bits per heavy atom. The van der Waals surface area contributed by atoms with Crippen molar-refractivity contribution >= 4 is 11.6 Å². The number of carbonyl (C=O) groups is 1. The highest BCUT2D eigenvalue weighted by Gasteiger charge is 2.28. The molecule has 0 saturated carbocycles. The SMILES string of the molecule is Cc1nnc(-c2ccccc2NC(=O)[C@H](N)C(C)(C)C)o1. The summed E-state index contributed by atoms with van der Waals surface area (Å²) in [6.07, 6.45) is 0. The molecule has 0 saturated heterocycles. The number of carbonyl (C=O) groups excluding carboxylic acids is 1. The van der Waals surface area contributed by atoms with Crippen LogP contribution in [0.3, 0.4) is 0 Å². The standard InChI is InChI=1S/C15H20N4O2/c1-9-18-19-14(21-9)10-7-5-6-8-11(10)17-13(20)12(16)15(2,3)4/h5-8,12H,16H2,1-4H3,(H,17,20)/t12-/m0/s1. The predicted molar refractivity (Wildman–Crippen MR) is 80.5 cm³/mol. The van der Waals surface area contributed by atoms with Crippen LogP contribution in [0.15, 0.2) is 28.7 Å². The number of hydrogen-bond donors (Lipinski definition) is 2. The summed E-state index contributed by atoms with van der Waals surface area (Å²) in [6, 6.07) is 6.64. The number of hydrogen-bond acceptors (Lipinski definition) is 5. The van der Waals surface area contributed by atoms with E-state index in [0.29, 0.717) is 23.0 Å². The summed E-state index contributed by atoms with van der Waals surface area (Å²) in [7, 11) is 0. The summed E-state index contributed by atoms with van der Waals surface area (Å²) in [4.78, 5) is 12.2. The molecule has 0 aliphatic rings. The molecule has 0 spiro atoms. The summed E-state index contributed by atoms with van der Waals surface area (Å²) >= 11 is 0. The van der Waals surface area contributed by atoms with Gasteiger partial charge in [0.2, 0.25) is 17.7 Å². The minimum absolute atomic E-state index is 0.244. The zero-order valence-corrected chi connectivity index (χ0v) is 12.7. The van der Waals surface area contributed by atoms with Crippen LogP contribution in [0, 0.1) is 12.3 Å². The molecule has 3 N–H and O–H groups in total. The fourth-order valence-corrected chi connectivity index (χ4v) is 1.79. The quantitative estimate of drug-likeness (QED) is 0.904. The van der Waals surface area contributed by atoms with E-state index in [2.05, 4.69) is 15.5 Å². The third-order valence-corrected chi connectivity index (χ3v) is 3.16. The van der Waals surface area contributed by atoms with Crippen molar-refractivity contribution in [3.05, 3.63) is 30.2 Å². The van der Waals surface area contributed by atoms with E-state index in [1.807, 2.05) is 39.0 Å². The Morgan fingerprint density at radius 1 is 1.29 bits per heavy atom. The first-order valence-electron chi connectivity index (χ1n) is 6.75. The van der Waals surface area contributed by atoms with E-state index in [1.165, 1.54) is 0 Å². The first-order chi connectivity index (χ1) is 9.79. The topological polar surface area (TPSA) is 94.0 Å². The molecular weight excluding hydrogens is 268 g/mol. The van der Waals surface area contributed by atoms with Gasteiger partial charge in [-0.15, -0.1) is 10.2 Å². The van der Waals surface area contributed by atoms with Crippen molar-refractivity contribution in [2.75, 3.05) is 5.32 Å². The second-order valence-corrected chi connectivity index (χ2v) is 6.00. The summed E-state index contributed by atoms with van der Waals surface area (Å²) in [5, 5.41) is 10.6. The zero-order valence-electron chi connectivity index (χ0n) is 12.7. The Labute approximate surface area is 123 Å². The van der Waals surface area contributed by atoms with Crippen LogP contribution in [0.1, 0.15) is 26.7 Å². The molecular formula is C15H20N4O2. The van der Waals surface area contributed by atoms with E-state index >= 15 is 0 Å². The van der Waals surface area contributed by atoms with Gasteiger partial charge in [0, 0.05) is 6.92 Å². The first kappa shape index (κ1) is 15.2. The highest BCUT2D eigenvalue weighted by molar-refractivity contribution is 5.98. The lowest BCUT2D eigenvalue weighted by Crippen LogP contribution is -2.45. The van der Waals surface area contributed by atoms with Gasteiger partial charge in [0.05, 0.1) is 17.3 Å². The van der Waals surface area contributed by atoms with Crippen molar-refractivity contribution in [3.8, 4) is 11.5 Å². The van der Waals surface area contributed by atoms with E-state index in [-0.39, 0.29) is 11.3 Å². The molecule has 112 valence electrons. The van der Waals surface area contributed by atoms with E-state index in [1.54, 1.807) is 13.0 Å². The molecule has 2 rings (SSSR count). The van der Waals surface area contributed by atoms with Gasteiger partial charge in [-0.25, -0.2) is 0 Å². The zero-order chi connectivity index (χ0) is 15.6. The van der Waals surface area contributed by atoms with Gasteiger partial charge < -0.3 is 15.5 Å². The molecule has 1 amide bonds. The molecule has 0 fully saturated rings. The van der Waals surface area contributed by atoms with Gasteiger partial charge in [-0.1, -0.05) is 32.9 Å². The molecule has 6 heteroatoms. The van der Waals surface area contributed by atoms with Crippen molar-refractivity contribution in [1.82, 2.24) is 10.2 Å². The van der Waals surface area contributed by atoms with Crippen molar-refractivity contribution in [2.45, 2.75) is 33.7 Å². The van der Waals surface area contributed by atoms with E-state index in [4.69, 9.17) is 10.2 Å². The van der Waals surface area contributed by atoms with Crippen LogP contribution in [0.2, 0.25) is 0 Å². The lowest BCUT2D eigenvalue weighted by Gasteiger charge is -2.26. The van der Waals surface area contributed by atoms with E-state index < -0.39 is 6.04 Å². The number of nitrogens with two attached hydrogens (primary N) is 1. The number of para-hydroxylation sites is 1. The second-order valence-electron chi connectivity index (χ2n) is 6.00. The highest BCUT2D eigenvalue weighted by atomic mass is 16.4. The maximum atomic E-state index is 12.2. The fourth-order valence-electron chi connectivity index (χ4n) is 1.79. The number of anilines is 1. The summed E-state index contributed by atoms with van der Waals surface area (Å²) < 4.78 is 5.41. The Kier molecular flexibility index (Phi) is 4.09. The summed E-state index contributed by atoms with van der Waals surface area (Å²) in [5.74, 6) is 0.594. The lowest BCUT2D eigenvalue weighted by atomic mass is 9.87. The summed E-state index contributed by atoms with van der Waals surface area (Å²) in [6.45, 7) is 7.48. The van der Waals surface area contributed by atoms with Crippen LogP contribution in [-0.4, -0.2) is 22.1 Å². The molecule has 1 aromatic heterocycles. The molecule has 0 aliphatic carbocycles. The van der Waals surface area contributed by atoms with Gasteiger partial charge in [-0.2, -0.15) is 0 Å². The van der Waals surface area contributed by atoms with Crippen LogP contribution in [0.5, 0.6) is 0 Å². The molecule has 1 aromatic carbocycles. The number of benzene rings is 1. The van der Waals surface area contributed by atoms with Crippen LogP contribution < -0.4 is 11.1 Å². The van der Waals surface area contributed by atoms with E-state index in [9.17, 15) is 4.79 Å². The fraction of sp³-hybridized carbons (Fsp3) is 0.400. The molecule has 2 aromatic rings. The van der Waals surface area contributed by atoms with E-state index in [0.717, 1.165) is 0 Å². The van der Waals surface area contributed by atoms with Crippen molar-refractivity contribution in [3.63, 3.8) is 0 Å². The van der Waals surface area contributed by atoms with Crippen LogP contribution in [-0.2, 0) is 4.79 Å². The molecule has 1 atom stereocenters. The van der Waals surface area contributed by atoms with Gasteiger partial charge in [0.15, 0.2) is 0 Å². The number of aromatic nitrogens is 2. The van der Waals surface area contributed by atoms with Crippen LogP contribution in [0.4, 0.5) is 5.69 Å². The monoisotopic (exact) mass is 288 g/mol. The molecule has 0 bridgehead atoms. The van der Waals surface area contributed by atoms with Crippen LogP contribution in [0.25, 0.3) is 11.5 Å². The Bertz CT molecular complexity index is 643. The molecule has 1 heterocycles. The average molecular weight is 288 g/mol.